The van der Waals surface area contributed by atoms with Crippen LogP contribution < -0.4 is 0 Å². The molecule has 1 aromatic rings. The van der Waals surface area contributed by atoms with Crippen LogP contribution in [-0.2, 0) is 0 Å². The van der Waals surface area contributed by atoms with Gasteiger partial charge in [-0.2, -0.15) is 0 Å². The Balaban J connectivity index is 1.94. The van der Waals surface area contributed by atoms with Gasteiger partial charge in [0.05, 0.1) is 12.3 Å². The van der Waals surface area contributed by atoms with Crippen molar-refractivity contribution in [2.75, 3.05) is 0 Å². The van der Waals surface area contributed by atoms with Crippen molar-refractivity contribution < 1.29 is 9.52 Å². The normalized spacial score (nSPS) is 28.6. The summed E-state index contributed by atoms with van der Waals surface area (Å²) in [5.41, 5.74) is 0. The first-order chi connectivity index (χ1) is 6.86. The third-order valence-corrected chi connectivity index (χ3v) is 3.84. The molecule has 1 aliphatic rings. The average molecular weight is 213 g/mol. The molecule has 1 saturated carbocycles. The van der Waals surface area contributed by atoms with Crippen molar-refractivity contribution in [1.82, 2.24) is 4.98 Å². The van der Waals surface area contributed by atoms with E-state index in [1.807, 2.05) is 0 Å². The van der Waals surface area contributed by atoms with Crippen LogP contribution in [0.15, 0.2) is 22.1 Å². The lowest BCUT2D eigenvalue weighted by molar-refractivity contribution is 0.163. The van der Waals surface area contributed by atoms with Crippen LogP contribution in [0.4, 0.5) is 0 Å². The number of aliphatic hydroxyl groups excluding tert-OH is 1. The second-order valence-corrected chi connectivity index (χ2v) is 4.85. The van der Waals surface area contributed by atoms with Gasteiger partial charge < -0.3 is 9.52 Å². The summed E-state index contributed by atoms with van der Waals surface area (Å²) in [6.07, 6.45) is 8.58. The van der Waals surface area contributed by atoms with E-state index in [1.165, 1.54) is 12.8 Å². The lowest BCUT2D eigenvalue weighted by Crippen LogP contribution is -2.21. The van der Waals surface area contributed by atoms with Gasteiger partial charge in [0.2, 0.25) is 0 Å². The molecule has 1 N–H and O–H groups in total. The monoisotopic (exact) mass is 213 g/mol. The van der Waals surface area contributed by atoms with E-state index in [2.05, 4.69) is 4.98 Å². The van der Waals surface area contributed by atoms with E-state index < -0.39 is 0 Å². The fraction of sp³-hybridized carbons (Fsp3) is 0.700. The van der Waals surface area contributed by atoms with Gasteiger partial charge in [0.25, 0.3) is 5.22 Å². The maximum absolute atomic E-state index is 9.86. The van der Waals surface area contributed by atoms with Crippen molar-refractivity contribution in [2.45, 2.75) is 48.7 Å². The summed E-state index contributed by atoms with van der Waals surface area (Å²) in [5.74, 6) is 0. The van der Waals surface area contributed by atoms with Crippen LogP contribution in [0.5, 0.6) is 0 Å². The number of hydrogen-bond donors (Lipinski definition) is 1. The summed E-state index contributed by atoms with van der Waals surface area (Å²) in [4.78, 5) is 4.06. The van der Waals surface area contributed by atoms with Crippen LogP contribution >= 0.6 is 11.8 Å². The van der Waals surface area contributed by atoms with Gasteiger partial charge in [-0.25, -0.2) is 4.98 Å². The molecule has 14 heavy (non-hydrogen) atoms. The summed E-state index contributed by atoms with van der Waals surface area (Å²) in [5, 5.41) is 10.8. The van der Waals surface area contributed by atoms with Gasteiger partial charge in [0, 0.05) is 5.25 Å². The molecule has 0 radical (unpaired) electrons. The minimum atomic E-state index is -0.200. The number of aromatic nitrogens is 1. The topological polar surface area (TPSA) is 46.3 Å². The quantitative estimate of drug-likeness (QED) is 0.766. The van der Waals surface area contributed by atoms with E-state index in [0.29, 0.717) is 5.22 Å². The Morgan fingerprint density at radius 1 is 1.36 bits per heavy atom. The van der Waals surface area contributed by atoms with Crippen LogP contribution in [0.3, 0.4) is 0 Å². The Bertz CT molecular complexity index is 263. The molecule has 1 fully saturated rings. The smallest absolute Gasteiger partial charge is 0.255 e. The van der Waals surface area contributed by atoms with Gasteiger partial charge in [-0.1, -0.05) is 31.0 Å². The lowest BCUT2D eigenvalue weighted by Gasteiger charge is -2.17. The SMILES string of the molecule is OC1CCCCCC1Sc1ncco1. The molecule has 3 nitrogen and oxygen atoms in total. The molecule has 2 rings (SSSR count). The molecule has 0 aromatic carbocycles. The van der Waals surface area contributed by atoms with E-state index in [-0.39, 0.29) is 11.4 Å². The van der Waals surface area contributed by atoms with E-state index in [1.54, 1.807) is 24.2 Å². The zero-order chi connectivity index (χ0) is 9.80. The molecule has 0 aliphatic heterocycles. The highest BCUT2D eigenvalue weighted by Gasteiger charge is 2.23. The second kappa shape index (κ2) is 4.84. The van der Waals surface area contributed by atoms with Crippen LogP contribution in [0.25, 0.3) is 0 Å². The zero-order valence-corrected chi connectivity index (χ0v) is 8.87. The third kappa shape index (κ3) is 2.51. The number of hydrogen-bond acceptors (Lipinski definition) is 4. The minimum absolute atomic E-state index is 0.200. The predicted octanol–water partition coefficient (Wildman–Crippen LogP) is 2.46. The van der Waals surface area contributed by atoms with Crippen molar-refractivity contribution >= 4 is 11.8 Å². The van der Waals surface area contributed by atoms with Gasteiger partial charge in [0.15, 0.2) is 0 Å². The van der Waals surface area contributed by atoms with Crippen molar-refractivity contribution in [1.29, 1.82) is 0 Å². The molecule has 4 heteroatoms. The Morgan fingerprint density at radius 3 is 3.00 bits per heavy atom. The molecule has 1 heterocycles. The van der Waals surface area contributed by atoms with Crippen molar-refractivity contribution in [2.24, 2.45) is 0 Å². The van der Waals surface area contributed by atoms with E-state index >= 15 is 0 Å². The van der Waals surface area contributed by atoms with Crippen LogP contribution in [0.1, 0.15) is 32.1 Å². The van der Waals surface area contributed by atoms with Gasteiger partial charge in [-0.3, -0.25) is 0 Å². The number of oxazole rings is 1. The Kier molecular flexibility index (Phi) is 3.48. The maximum Gasteiger partial charge on any atom is 0.255 e. The molecule has 1 aromatic heterocycles. The third-order valence-electron chi connectivity index (χ3n) is 2.58. The Morgan fingerprint density at radius 2 is 2.21 bits per heavy atom. The van der Waals surface area contributed by atoms with Crippen molar-refractivity contribution in [3.05, 3.63) is 12.5 Å². The molecule has 0 amide bonds. The highest BCUT2D eigenvalue weighted by Crippen LogP contribution is 2.31. The largest absolute Gasteiger partial charge is 0.440 e. The molecule has 2 atom stereocenters. The van der Waals surface area contributed by atoms with Gasteiger partial charge in [-0.15, -0.1) is 0 Å². The number of aliphatic hydroxyl groups is 1. The predicted molar refractivity (Wildman–Crippen MR) is 55.2 cm³/mol. The van der Waals surface area contributed by atoms with Crippen LogP contribution in [-0.4, -0.2) is 21.4 Å². The Labute approximate surface area is 87.9 Å². The minimum Gasteiger partial charge on any atom is -0.440 e. The molecule has 0 spiro atoms. The van der Waals surface area contributed by atoms with Crippen LogP contribution in [0.2, 0.25) is 0 Å². The van der Waals surface area contributed by atoms with Gasteiger partial charge in [-0.05, 0) is 12.8 Å². The lowest BCUT2D eigenvalue weighted by atomic mass is 10.1. The fourth-order valence-corrected chi connectivity index (χ4v) is 2.86. The standard InChI is InChI=1S/C10H15NO2S/c12-8-4-2-1-3-5-9(8)14-10-11-6-7-13-10/h6-9,12H,1-5H2. The first-order valence-electron chi connectivity index (χ1n) is 5.10. The van der Waals surface area contributed by atoms with E-state index in [4.69, 9.17) is 4.42 Å². The molecule has 1 aliphatic carbocycles. The second-order valence-electron chi connectivity index (χ2n) is 3.66. The highest BCUT2D eigenvalue weighted by atomic mass is 32.2. The number of rotatable bonds is 2. The summed E-state index contributed by atoms with van der Waals surface area (Å²) in [6, 6.07) is 0. The van der Waals surface area contributed by atoms with Crippen molar-refractivity contribution in [3.8, 4) is 0 Å². The van der Waals surface area contributed by atoms with Crippen LogP contribution in [0, 0.1) is 0 Å². The molecule has 2 unspecified atom stereocenters. The molecule has 78 valence electrons. The number of nitrogens with zero attached hydrogens (tertiary/aromatic N) is 1. The van der Waals surface area contributed by atoms with E-state index in [0.717, 1.165) is 19.3 Å². The Hall–Kier alpha value is -0.480. The molecule has 0 bridgehead atoms. The molecular weight excluding hydrogens is 198 g/mol. The molecular formula is C10H15NO2S. The summed E-state index contributed by atoms with van der Waals surface area (Å²) in [6.45, 7) is 0. The highest BCUT2D eigenvalue weighted by molar-refractivity contribution is 7.99. The molecule has 0 saturated heterocycles. The zero-order valence-electron chi connectivity index (χ0n) is 8.06. The summed E-state index contributed by atoms with van der Waals surface area (Å²) >= 11 is 1.56. The average Bonchev–Trinajstić information content (AvgIpc) is 2.60. The number of thioether (sulfide) groups is 1. The van der Waals surface area contributed by atoms with E-state index in [9.17, 15) is 5.11 Å². The van der Waals surface area contributed by atoms with Gasteiger partial charge >= 0.3 is 0 Å². The summed E-state index contributed by atoms with van der Waals surface area (Å²) in [7, 11) is 0. The van der Waals surface area contributed by atoms with Gasteiger partial charge in [0.1, 0.15) is 6.26 Å². The first kappa shape index (κ1) is 10.1. The maximum atomic E-state index is 9.86. The fourth-order valence-electron chi connectivity index (χ4n) is 1.79. The summed E-state index contributed by atoms with van der Waals surface area (Å²) < 4.78 is 5.17. The first-order valence-corrected chi connectivity index (χ1v) is 5.98. The van der Waals surface area contributed by atoms with Crippen molar-refractivity contribution in [3.63, 3.8) is 0 Å².